The maximum absolute atomic E-state index is 12.7. The van der Waals surface area contributed by atoms with Gasteiger partial charge in [-0.15, -0.1) is 0 Å². The second-order valence-corrected chi connectivity index (χ2v) is 6.67. The van der Waals surface area contributed by atoms with Gasteiger partial charge < -0.3 is 10.0 Å². The third kappa shape index (κ3) is 3.62. The van der Waals surface area contributed by atoms with Crippen molar-refractivity contribution in [1.82, 2.24) is 29.4 Å². The first kappa shape index (κ1) is 18.1. The average molecular weight is 360 g/mol. The van der Waals surface area contributed by atoms with Crippen LogP contribution in [-0.4, -0.2) is 72.5 Å². The van der Waals surface area contributed by atoms with Crippen LogP contribution >= 0.6 is 0 Å². The fraction of sp³-hybridized carbons (Fsp3) is 0.529. The molecule has 9 nitrogen and oxygen atoms in total. The molecule has 0 spiro atoms. The van der Waals surface area contributed by atoms with Gasteiger partial charge in [-0.3, -0.25) is 19.1 Å². The first-order valence-corrected chi connectivity index (χ1v) is 8.63. The zero-order valence-corrected chi connectivity index (χ0v) is 15.3. The molecule has 0 aromatic carbocycles. The summed E-state index contributed by atoms with van der Waals surface area (Å²) in [6.07, 6.45) is 4.55. The summed E-state index contributed by atoms with van der Waals surface area (Å²) in [4.78, 5) is 27.8. The smallest absolute Gasteiger partial charge is 0.338 e. The SMILES string of the molecule is Cc1c(CN2CCN(C(=O)C(C)n3cc(C(=O)O)cn3)CC2)cnn1C. The molecule has 1 fully saturated rings. The molecule has 26 heavy (non-hydrogen) atoms. The summed E-state index contributed by atoms with van der Waals surface area (Å²) in [7, 11) is 1.93. The number of carbonyl (C=O) groups excluding carboxylic acids is 1. The second kappa shape index (κ2) is 7.28. The van der Waals surface area contributed by atoms with E-state index in [0.29, 0.717) is 13.1 Å². The van der Waals surface area contributed by atoms with Crippen molar-refractivity contribution in [2.45, 2.75) is 26.4 Å². The number of carbonyl (C=O) groups is 2. The molecule has 0 saturated carbocycles. The third-order valence-corrected chi connectivity index (χ3v) is 5.02. The zero-order valence-electron chi connectivity index (χ0n) is 15.3. The fourth-order valence-corrected chi connectivity index (χ4v) is 3.10. The zero-order chi connectivity index (χ0) is 18.8. The number of amides is 1. The molecule has 9 heteroatoms. The Kier molecular flexibility index (Phi) is 5.08. The van der Waals surface area contributed by atoms with Gasteiger partial charge >= 0.3 is 5.97 Å². The van der Waals surface area contributed by atoms with E-state index in [1.807, 2.05) is 22.8 Å². The van der Waals surface area contributed by atoms with E-state index in [-0.39, 0.29) is 11.5 Å². The van der Waals surface area contributed by atoms with Crippen LogP contribution in [0.5, 0.6) is 0 Å². The number of aryl methyl sites for hydroxylation is 1. The lowest BCUT2D eigenvalue weighted by Gasteiger charge is -2.35. The molecular formula is C17H24N6O3. The molecule has 140 valence electrons. The molecule has 1 amide bonds. The Morgan fingerprint density at radius 1 is 1.19 bits per heavy atom. The van der Waals surface area contributed by atoms with Crippen molar-refractivity contribution >= 4 is 11.9 Å². The molecule has 1 saturated heterocycles. The second-order valence-electron chi connectivity index (χ2n) is 6.67. The van der Waals surface area contributed by atoms with Crippen LogP contribution in [0.1, 0.15) is 34.6 Å². The van der Waals surface area contributed by atoms with Crippen LogP contribution in [0.4, 0.5) is 0 Å². The lowest BCUT2D eigenvalue weighted by molar-refractivity contribution is -0.136. The lowest BCUT2D eigenvalue weighted by Crippen LogP contribution is -2.50. The molecule has 1 atom stereocenters. The van der Waals surface area contributed by atoms with Gasteiger partial charge in [0, 0.05) is 57.2 Å². The van der Waals surface area contributed by atoms with Crippen LogP contribution in [0.15, 0.2) is 18.6 Å². The van der Waals surface area contributed by atoms with Gasteiger partial charge in [-0.05, 0) is 13.8 Å². The van der Waals surface area contributed by atoms with Crippen LogP contribution in [0.25, 0.3) is 0 Å². The summed E-state index contributed by atoms with van der Waals surface area (Å²) in [5.74, 6) is -1.09. The molecule has 2 aromatic rings. The van der Waals surface area contributed by atoms with Crippen molar-refractivity contribution in [3.8, 4) is 0 Å². The fourth-order valence-electron chi connectivity index (χ4n) is 3.10. The van der Waals surface area contributed by atoms with Crippen LogP contribution in [-0.2, 0) is 18.4 Å². The minimum absolute atomic E-state index is 0.0396. The Morgan fingerprint density at radius 3 is 2.42 bits per heavy atom. The van der Waals surface area contributed by atoms with Gasteiger partial charge in [0.1, 0.15) is 6.04 Å². The molecule has 3 rings (SSSR count). The van der Waals surface area contributed by atoms with E-state index < -0.39 is 12.0 Å². The molecule has 3 heterocycles. The minimum atomic E-state index is -1.05. The van der Waals surface area contributed by atoms with Crippen molar-refractivity contribution in [3.05, 3.63) is 35.4 Å². The number of hydrogen-bond donors (Lipinski definition) is 1. The van der Waals surface area contributed by atoms with Crippen molar-refractivity contribution in [2.75, 3.05) is 26.2 Å². The highest BCUT2D eigenvalue weighted by molar-refractivity contribution is 5.87. The van der Waals surface area contributed by atoms with Crippen LogP contribution in [0.3, 0.4) is 0 Å². The topological polar surface area (TPSA) is 96.5 Å². The minimum Gasteiger partial charge on any atom is -0.478 e. The number of aromatic carboxylic acids is 1. The van der Waals surface area contributed by atoms with E-state index in [2.05, 4.69) is 22.0 Å². The molecule has 0 radical (unpaired) electrons. The number of carboxylic acid groups (broad SMARTS) is 1. The Hall–Kier alpha value is -2.68. The predicted molar refractivity (Wildman–Crippen MR) is 93.7 cm³/mol. The molecule has 2 aromatic heterocycles. The summed E-state index contributed by atoms with van der Waals surface area (Å²) in [6, 6.07) is -0.518. The van der Waals surface area contributed by atoms with Crippen LogP contribution in [0, 0.1) is 6.92 Å². The van der Waals surface area contributed by atoms with E-state index in [1.165, 1.54) is 22.6 Å². The highest BCUT2D eigenvalue weighted by Gasteiger charge is 2.27. The Balaban J connectivity index is 1.55. The number of nitrogens with zero attached hydrogens (tertiary/aromatic N) is 6. The molecule has 0 bridgehead atoms. The van der Waals surface area contributed by atoms with Gasteiger partial charge in [-0.1, -0.05) is 0 Å². The van der Waals surface area contributed by atoms with Gasteiger partial charge in [0.25, 0.3) is 0 Å². The number of hydrogen-bond acceptors (Lipinski definition) is 5. The van der Waals surface area contributed by atoms with Crippen molar-refractivity contribution < 1.29 is 14.7 Å². The first-order valence-electron chi connectivity index (χ1n) is 8.63. The number of rotatable bonds is 5. The summed E-state index contributed by atoms with van der Waals surface area (Å²) in [5.41, 5.74) is 2.45. The maximum atomic E-state index is 12.7. The number of carboxylic acids is 1. The molecule has 1 aliphatic heterocycles. The maximum Gasteiger partial charge on any atom is 0.338 e. The van der Waals surface area contributed by atoms with Crippen LogP contribution in [0.2, 0.25) is 0 Å². The largest absolute Gasteiger partial charge is 0.478 e. The molecule has 1 unspecified atom stereocenters. The molecule has 1 aliphatic rings. The summed E-state index contributed by atoms with van der Waals surface area (Å²) < 4.78 is 3.28. The Bertz CT molecular complexity index is 803. The quantitative estimate of drug-likeness (QED) is 0.835. The Labute approximate surface area is 151 Å². The van der Waals surface area contributed by atoms with Gasteiger partial charge in [0.05, 0.1) is 18.0 Å². The number of aromatic nitrogens is 4. The van der Waals surface area contributed by atoms with Gasteiger partial charge in [0.15, 0.2) is 0 Å². The molecule has 1 N–H and O–H groups in total. The van der Waals surface area contributed by atoms with E-state index in [1.54, 1.807) is 6.92 Å². The monoisotopic (exact) mass is 360 g/mol. The van der Waals surface area contributed by atoms with Gasteiger partial charge in [-0.25, -0.2) is 4.79 Å². The van der Waals surface area contributed by atoms with E-state index in [0.717, 1.165) is 25.3 Å². The standard InChI is InChI=1S/C17H24N6O3/c1-12-14(8-18-20(12)3)10-21-4-6-22(7-5-21)16(24)13(2)23-11-15(9-19-23)17(25)26/h8-9,11,13H,4-7,10H2,1-3H3,(H,25,26). The first-order chi connectivity index (χ1) is 12.4. The third-order valence-electron chi connectivity index (χ3n) is 5.02. The van der Waals surface area contributed by atoms with Crippen molar-refractivity contribution in [2.24, 2.45) is 7.05 Å². The van der Waals surface area contributed by atoms with Crippen LogP contribution < -0.4 is 0 Å². The highest BCUT2D eigenvalue weighted by Crippen LogP contribution is 2.15. The highest BCUT2D eigenvalue weighted by atomic mass is 16.4. The molecular weight excluding hydrogens is 336 g/mol. The summed E-state index contributed by atoms with van der Waals surface area (Å²) in [5, 5.41) is 17.3. The predicted octanol–water partition coefficient (Wildman–Crippen LogP) is 0.529. The van der Waals surface area contributed by atoms with E-state index in [9.17, 15) is 9.59 Å². The lowest BCUT2D eigenvalue weighted by atomic mass is 10.2. The Morgan fingerprint density at radius 2 is 1.88 bits per heavy atom. The average Bonchev–Trinajstić information content (AvgIpc) is 3.24. The molecule has 0 aliphatic carbocycles. The summed E-state index contributed by atoms with van der Waals surface area (Å²) >= 11 is 0. The van der Waals surface area contributed by atoms with Gasteiger partial charge in [-0.2, -0.15) is 10.2 Å². The normalized spacial score (nSPS) is 16.7. The van der Waals surface area contributed by atoms with Gasteiger partial charge in [0.2, 0.25) is 5.91 Å². The van der Waals surface area contributed by atoms with E-state index >= 15 is 0 Å². The van der Waals surface area contributed by atoms with E-state index in [4.69, 9.17) is 5.11 Å². The van der Waals surface area contributed by atoms with Crippen molar-refractivity contribution in [1.29, 1.82) is 0 Å². The number of piperazine rings is 1. The van der Waals surface area contributed by atoms with Crippen molar-refractivity contribution in [3.63, 3.8) is 0 Å². The summed E-state index contributed by atoms with van der Waals surface area (Å²) in [6.45, 7) is 7.52.